The molecule has 154 valence electrons. The number of rotatable bonds is 3. The number of aliphatic hydroxyl groups is 1. The second-order valence-corrected chi connectivity index (χ2v) is 7.85. The van der Waals surface area contributed by atoms with Crippen molar-refractivity contribution in [2.75, 3.05) is 4.90 Å². The van der Waals surface area contributed by atoms with Crippen LogP contribution in [0, 0.1) is 12.7 Å². The lowest BCUT2D eigenvalue weighted by molar-refractivity contribution is -0.132. The maximum Gasteiger partial charge on any atom is 0.301 e. The molecule has 4 heterocycles. The normalized spacial score (nSPS) is 18.3. The molecule has 0 radical (unpaired) electrons. The van der Waals surface area contributed by atoms with Crippen molar-refractivity contribution in [1.82, 2.24) is 14.4 Å². The third-order valence-corrected chi connectivity index (χ3v) is 5.97. The van der Waals surface area contributed by atoms with Gasteiger partial charge >= 0.3 is 5.91 Å². The molecule has 1 aromatic carbocycles. The number of thiazole rings is 1. The van der Waals surface area contributed by atoms with Gasteiger partial charge in [0.15, 0.2) is 10.9 Å². The Kier molecular flexibility index (Phi) is 4.40. The van der Waals surface area contributed by atoms with E-state index in [4.69, 9.17) is 0 Å². The van der Waals surface area contributed by atoms with Crippen LogP contribution in [0.4, 0.5) is 9.52 Å². The zero-order chi connectivity index (χ0) is 21.7. The van der Waals surface area contributed by atoms with Gasteiger partial charge in [-0.05, 0) is 25.1 Å². The van der Waals surface area contributed by atoms with Gasteiger partial charge in [0, 0.05) is 23.3 Å². The number of carbonyl (C=O) groups is 2. The average molecular weight is 434 g/mol. The summed E-state index contributed by atoms with van der Waals surface area (Å²) in [6.07, 6.45) is 3.19. The topological polar surface area (TPSA) is 87.8 Å². The molecule has 1 amide bonds. The third-order valence-electron chi connectivity index (χ3n) is 5.20. The molecule has 9 heteroatoms. The van der Waals surface area contributed by atoms with Gasteiger partial charge in [-0.2, -0.15) is 0 Å². The van der Waals surface area contributed by atoms with Gasteiger partial charge in [-0.15, -0.1) is 11.3 Å². The van der Waals surface area contributed by atoms with Crippen molar-refractivity contribution in [2.45, 2.75) is 13.0 Å². The minimum Gasteiger partial charge on any atom is -0.505 e. The van der Waals surface area contributed by atoms with E-state index in [2.05, 4.69) is 9.97 Å². The molecular weight excluding hydrogens is 419 g/mol. The van der Waals surface area contributed by atoms with Crippen LogP contribution in [0.1, 0.15) is 23.0 Å². The highest BCUT2D eigenvalue weighted by atomic mass is 32.1. The van der Waals surface area contributed by atoms with Gasteiger partial charge in [-0.1, -0.05) is 24.3 Å². The van der Waals surface area contributed by atoms with Gasteiger partial charge in [0.2, 0.25) is 0 Å². The monoisotopic (exact) mass is 434 g/mol. The van der Waals surface area contributed by atoms with Gasteiger partial charge in [0.1, 0.15) is 23.2 Å². The van der Waals surface area contributed by atoms with Gasteiger partial charge in [0.25, 0.3) is 5.78 Å². The van der Waals surface area contributed by atoms with E-state index in [0.717, 1.165) is 16.2 Å². The molecule has 1 aliphatic heterocycles. The zero-order valence-electron chi connectivity index (χ0n) is 16.2. The Bertz CT molecular complexity index is 1380. The number of aromatic nitrogens is 3. The predicted molar refractivity (Wildman–Crippen MR) is 113 cm³/mol. The summed E-state index contributed by atoms with van der Waals surface area (Å²) in [5, 5.41) is 13.2. The molecule has 1 unspecified atom stereocenters. The van der Waals surface area contributed by atoms with Crippen LogP contribution >= 0.6 is 11.3 Å². The third kappa shape index (κ3) is 2.85. The van der Waals surface area contributed by atoms with Crippen LogP contribution in [0.5, 0.6) is 0 Å². The SMILES string of the molecule is Cc1nc2ccccn2c1C(O)=C1C(=O)C(=O)N(c2nccs2)C1c1ccccc1F. The number of hydrogen-bond acceptors (Lipinski definition) is 6. The quantitative estimate of drug-likeness (QED) is 0.301. The van der Waals surface area contributed by atoms with E-state index in [1.807, 2.05) is 0 Å². The van der Waals surface area contributed by atoms with Crippen molar-refractivity contribution in [1.29, 1.82) is 0 Å². The number of aliphatic hydroxyl groups excluding tert-OH is 1. The Labute approximate surface area is 179 Å². The van der Waals surface area contributed by atoms with Crippen LogP contribution in [0.2, 0.25) is 0 Å². The van der Waals surface area contributed by atoms with E-state index in [1.54, 1.807) is 47.2 Å². The molecule has 4 aromatic rings. The van der Waals surface area contributed by atoms with Crippen molar-refractivity contribution < 1.29 is 19.1 Å². The highest BCUT2D eigenvalue weighted by Gasteiger charge is 2.49. The molecule has 7 nitrogen and oxygen atoms in total. The number of imidazole rings is 1. The lowest BCUT2D eigenvalue weighted by Crippen LogP contribution is -2.29. The smallest absolute Gasteiger partial charge is 0.301 e. The Morgan fingerprint density at radius 2 is 1.94 bits per heavy atom. The van der Waals surface area contributed by atoms with Crippen LogP contribution < -0.4 is 4.90 Å². The summed E-state index contributed by atoms with van der Waals surface area (Å²) >= 11 is 1.14. The molecule has 1 fully saturated rings. The minimum atomic E-state index is -1.17. The maximum absolute atomic E-state index is 14.8. The lowest BCUT2D eigenvalue weighted by Gasteiger charge is -2.23. The first-order valence-electron chi connectivity index (χ1n) is 9.38. The molecule has 0 aliphatic carbocycles. The number of Topliss-reactive ketones (excluding diaryl/α,β-unsaturated/α-hetero) is 1. The summed E-state index contributed by atoms with van der Waals surface area (Å²) in [4.78, 5) is 35.8. The highest BCUT2D eigenvalue weighted by molar-refractivity contribution is 7.14. The fraction of sp³-hybridized carbons (Fsp3) is 0.0909. The minimum absolute atomic E-state index is 0.0879. The fourth-order valence-electron chi connectivity index (χ4n) is 3.88. The molecule has 1 aliphatic rings. The second kappa shape index (κ2) is 7.13. The molecule has 0 spiro atoms. The van der Waals surface area contributed by atoms with Crippen LogP contribution in [-0.2, 0) is 9.59 Å². The van der Waals surface area contributed by atoms with E-state index < -0.39 is 29.3 Å². The number of benzene rings is 1. The first-order valence-corrected chi connectivity index (χ1v) is 10.3. The number of pyridine rings is 1. The summed E-state index contributed by atoms with van der Waals surface area (Å²) < 4.78 is 16.5. The van der Waals surface area contributed by atoms with Crippen molar-refractivity contribution in [3.8, 4) is 0 Å². The molecule has 0 bridgehead atoms. The van der Waals surface area contributed by atoms with E-state index in [9.17, 15) is 19.1 Å². The number of anilines is 1. The number of fused-ring (bicyclic) bond motifs is 1. The Morgan fingerprint density at radius 3 is 2.68 bits per heavy atom. The van der Waals surface area contributed by atoms with Crippen LogP contribution in [0.15, 0.2) is 65.8 Å². The van der Waals surface area contributed by atoms with E-state index in [0.29, 0.717) is 11.3 Å². The Balaban J connectivity index is 1.81. The van der Waals surface area contributed by atoms with Gasteiger partial charge in [0.05, 0.1) is 11.3 Å². The molecule has 1 atom stereocenters. The number of aryl methyl sites for hydroxylation is 1. The number of carbonyl (C=O) groups excluding carboxylic acids is 2. The van der Waals surface area contributed by atoms with Crippen molar-refractivity contribution in [2.24, 2.45) is 0 Å². The van der Waals surface area contributed by atoms with Crippen molar-refractivity contribution in [3.63, 3.8) is 0 Å². The van der Waals surface area contributed by atoms with Crippen molar-refractivity contribution in [3.05, 3.63) is 88.6 Å². The number of amides is 1. The van der Waals surface area contributed by atoms with Gasteiger partial charge < -0.3 is 5.11 Å². The van der Waals surface area contributed by atoms with E-state index in [1.165, 1.54) is 24.4 Å². The highest BCUT2D eigenvalue weighted by Crippen LogP contribution is 2.43. The maximum atomic E-state index is 14.8. The second-order valence-electron chi connectivity index (χ2n) is 6.98. The first-order chi connectivity index (χ1) is 15.0. The summed E-state index contributed by atoms with van der Waals surface area (Å²) in [6, 6.07) is 10.0. The summed E-state index contributed by atoms with van der Waals surface area (Å²) in [5.74, 6) is -2.80. The number of halogens is 1. The molecule has 1 N–H and O–H groups in total. The van der Waals surface area contributed by atoms with Crippen LogP contribution in [0.25, 0.3) is 11.4 Å². The lowest BCUT2D eigenvalue weighted by atomic mass is 9.96. The van der Waals surface area contributed by atoms with Gasteiger partial charge in [-0.3, -0.25) is 18.9 Å². The van der Waals surface area contributed by atoms with Crippen LogP contribution in [0.3, 0.4) is 0 Å². The molecule has 5 rings (SSSR count). The molecule has 0 saturated carbocycles. The molecule has 31 heavy (non-hydrogen) atoms. The first kappa shape index (κ1) is 19.1. The summed E-state index contributed by atoms with van der Waals surface area (Å²) in [6.45, 7) is 1.69. The number of nitrogens with zero attached hydrogens (tertiary/aromatic N) is 4. The molecular formula is C22H15FN4O3S. The van der Waals surface area contributed by atoms with E-state index >= 15 is 0 Å². The fourth-order valence-corrected chi connectivity index (χ4v) is 4.55. The Morgan fingerprint density at radius 1 is 1.16 bits per heavy atom. The standard InChI is InChI=1S/C22H15FN4O3S/c1-12-17(26-10-5-4-8-15(26)25-12)19(28)16-18(13-6-2-3-7-14(13)23)27(21(30)20(16)29)22-24-9-11-31-22/h2-11,18,28H,1H3. The molecule has 1 saturated heterocycles. The zero-order valence-corrected chi connectivity index (χ0v) is 17.0. The predicted octanol–water partition coefficient (Wildman–Crippen LogP) is 3.86. The molecule has 3 aromatic heterocycles. The number of hydrogen-bond donors (Lipinski definition) is 1. The largest absolute Gasteiger partial charge is 0.505 e. The Hall–Kier alpha value is -3.85. The van der Waals surface area contributed by atoms with Crippen molar-refractivity contribution >= 4 is 39.6 Å². The van der Waals surface area contributed by atoms with Crippen LogP contribution in [-0.4, -0.2) is 31.2 Å². The van der Waals surface area contributed by atoms with Gasteiger partial charge in [-0.25, -0.2) is 14.4 Å². The summed E-state index contributed by atoms with van der Waals surface area (Å²) in [7, 11) is 0. The average Bonchev–Trinajstić information content (AvgIpc) is 3.45. The number of ketones is 1. The van der Waals surface area contributed by atoms with E-state index in [-0.39, 0.29) is 22.0 Å². The summed E-state index contributed by atoms with van der Waals surface area (Å²) in [5.41, 5.74) is 1.19.